The molecule has 4 aromatic rings. The first-order valence-electron chi connectivity index (χ1n) is 13.2. The van der Waals surface area contributed by atoms with E-state index in [2.05, 4.69) is 10.1 Å². The molecule has 0 aliphatic rings. The molecule has 2 heterocycles. The summed E-state index contributed by atoms with van der Waals surface area (Å²) in [6, 6.07) is 15.3. The zero-order chi connectivity index (χ0) is 28.9. The number of imidazole rings is 1. The predicted octanol–water partition coefficient (Wildman–Crippen LogP) is 5.23. The topological polar surface area (TPSA) is 140 Å². The highest BCUT2D eigenvalue weighted by Crippen LogP contribution is 2.46. The molecule has 0 saturated carbocycles. The number of pyridine rings is 1. The third-order valence-electron chi connectivity index (χ3n) is 5.91. The van der Waals surface area contributed by atoms with Gasteiger partial charge in [-0.05, 0) is 52.8 Å². The van der Waals surface area contributed by atoms with Crippen LogP contribution in [0.2, 0.25) is 0 Å². The number of aromatic nitrogens is 3. The number of hydrogen-bond acceptors (Lipinski definition) is 9. The minimum atomic E-state index is -4.08. The maximum Gasteiger partial charge on any atom is 0.459 e. The van der Waals surface area contributed by atoms with Crippen molar-refractivity contribution in [1.82, 2.24) is 19.6 Å². The maximum atomic E-state index is 14.1. The molecule has 11 nitrogen and oxygen atoms in total. The third-order valence-corrected chi connectivity index (χ3v) is 7.70. The summed E-state index contributed by atoms with van der Waals surface area (Å²) in [5.74, 6) is 0.677. The summed E-state index contributed by atoms with van der Waals surface area (Å²) in [4.78, 5) is 21.8. The van der Waals surface area contributed by atoms with Gasteiger partial charge in [0.25, 0.3) is 0 Å². The van der Waals surface area contributed by atoms with Crippen molar-refractivity contribution in [3.63, 3.8) is 0 Å². The Morgan fingerprint density at radius 2 is 1.75 bits per heavy atom. The molecule has 0 amide bonds. The van der Waals surface area contributed by atoms with Gasteiger partial charge in [0.15, 0.2) is 5.82 Å². The Bertz CT molecular complexity index is 1510. The van der Waals surface area contributed by atoms with Gasteiger partial charge in [-0.25, -0.2) is 14.5 Å². The lowest BCUT2D eigenvalue weighted by atomic mass is 10.2. The molecule has 12 heteroatoms. The lowest BCUT2D eigenvalue weighted by Crippen LogP contribution is -2.37. The Balaban J connectivity index is 1.68. The Morgan fingerprint density at radius 3 is 2.45 bits per heavy atom. The SMILES string of the molecule is CCOCc1nc2c(N)nc3ccccc3c2n1C[C@@H](C)O[P@@](=O)(N[C@H](C)C(=O)OC(C)C)Oc1ccccc1. The summed E-state index contributed by atoms with van der Waals surface area (Å²) in [6.07, 6.45) is -0.998. The van der Waals surface area contributed by atoms with E-state index < -0.39 is 25.9 Å². The van der Waals surface area contributed by atoms with Crippen LogP contribution < -0.4 is 15.3 Å². The van der Waals surface area contributed by atoms with Crippen LogP contribution in [0.25, 0.3) is 21.9 Å². The van der Waals surface area contributed by atoms with Crippen LogP contribution in [-0.4, -0.2) is 45.4 Å². The summed E-state index contributed by atoms with van der Waals surface area (Å²) >= 11 is 0. The van der Waals surface area contributed by atoms with Gasteiger partial charge in [-0.1, -0.05) is 36.4 Å². The van der Waals surface area contributed by atoms with Gasteiger partial charge in [0.1, 0.15) is 29.7 Å². The van der Waals surface area contributed by atoms with Crippen LogP contribution in [0.4, 0.5) is 5.82 Å². The first-order chi connectivity index (χ1) is 19.1. The fraction of sp³-hybridized carbons (Fsp3) is 0.393. The van der Waals surface area contributed by atoms with Gasteiger partial charge in [-0.2, -0.15) is 5.09 Å². The Kier molecular flexibility index (Phi) is 9.42. The van der Waals surface area contributed by atoms with Crippen LogP contribution in [0.3, 0.4) is 0 Å². The van der Waals surface area contributed by atoms with E-state index in [1.54, 1.807) is 52.0 Å². The number of esters is 1. The van der Waals surface area contributed by atoms with E-state index in [0.717, 1.165) is 16.4 Å². The van der Waals surface area contributed by atoms with Crippen LogP contribution in [0.1, 0.15) is 40.4 Å². The molecule has 214 valence electrons. The second-order valence-electron chi connectivity index (χ2n) is 9.64. The molecule has 0 bridgehead atoms. The molecule has 0 aliphatic heterocycles. The summed E-state index contributed by atoms with van der Waals surface area (Å²) < 4.78 is 38.9. The first-order valence-corrected chi connectivity index (χ1v) is 14.8. The van der Waals surface area contributed by atoms with Crippen molar-refractivity contribution < 1.29 is 27.9 Å². The number of carbonyl (C=O) groups excluding carboxylic acids is 1. The number of fused-ring (bicyclic) bond motifs is 3. The van der Waals surface area contributed by atoms with E-state index in [-0.39, 0.29) is 19.3 Å². The van der Waals surface area contributed by atoms with Crippen LogP contribution in [0.5, 0.6) is 5.75 Å². The van der Waals surface area contributed by atoms with Crippen LogP contribution >= 0.6 is 7.75 Å². The van der Waals surface area contributed by atoms with Gasteiger partial charge in [0.05, 0.1) is 29.8 Å². The number of nitrogens with zero attached hydrogens (tertiary/aromatic N) is 3. The molecule has 0 saturated heterocycles. The normalized spacial score (nSPS) is 14.8. The predicted molar refractivity (Wildman–Crippen MR) is 154 cm³/mol. The summed E-state index contributed by atoms with van der Waals surface area (Å²) in [7, 11) is -4.08. The number of ether oxygens (including phenoxy) is 2. The molecule has 0 aliphatic carbocycles. The van der Waals surface area contributed by atoms with Crippen molar-refractivity contribution in [2.24, 2.45) is 0 Å². The molecule has 2 aromatic carbocycles. The monoisotopic (exact) mass is 569 g/mol. The Labute approximate surface area is 233 Å². The molecule has 2 aromatic heterocycles. The number of anilines is 1. The quantitative estimate of drug-likeness (QED) is 0.163. The average molecular weight is 570 g/mol. The molecule has 0 radical (unpaired) electrons. The maximum absolute atomic E-state index is 14.1. The molecular formula is C28H36N5O6P. The second-order valence-corrected chi connectivity index (χ2v) is 11.3. The van der Waals surface area contributed by atoms with Gasteiger partial charge in [0, 0.05) is 12.0 Å². The summed E-state index contributed by atoms with van der Waals surface area (Å²) in [5.41, 5.74) is 8.34. The minimum Gasteiger partial charge on any atom is -0.462 e. The molecule has 0 spiro atoms. The molecular weight excluding hydrogens is 533 g/mol. The number of para-hydroxylation sites is 2. The van der Waals surface area contributed by atoms with Gasteiger partial charge in [0.2, 0.25) is 0 Å². The molecule has 3 N–H and O–H groups in total. The number of nitrogen functional groups attached to an aromatic ring is 1. The minimum absolute atomic E-state index is 0.236. The second kappa shape index (κ2) is 12.8. The number of nitrogens with one attached hydrogen (secondary N) is 1. The number of nitrogens with two attached hydrogens (primary N) is 1. The Hall–Kier alpha value is -3.50. The van der Waals surface area contributed by atoms with Gasteiger partial charge in [-0.3, -0.25) is 9.32 Å². The van der Waals surface area contributed by atoms with Crippen molar-refractivity contribution >= 4 is 41.5 Å². The number of rotatable bonds is 13. The Morgan fingerprint density at radius 1 is 1.05 bits per heavy atom. The third kappa shape index (κ3) is 6.98. The van der Waals surface area contributed by atoms with Crippen molar-refractivity contribution in [2.75, 3.05) is 12.3 Å². The fourth-order valence-electron chi connectivity index (χ4n) is 4.26. The van der Waals surface area contributed by atoms with Crippen LogP contribution in [-0.2, 0) is 36.5 Å². The van der Waals surface area contributed by atoms with E-state index in [4.69, 9.17) is 29.2 Å². The van der Waals surface area contributed by atoms with Crippen molar-refractivity contribution in [3.05, 3.63) is 60.4 Å². The molecule has 3 atom stereocenters. The van der Waals surface area contributed by atoms with E-state index >= 15 is 0 Å². The van der Waals surface area contributed by atoms with Crippen molar-refractivity contribution in [2.45, 2.75) is 66.0 Å². The number of hydrogen-bond donors (Lipinski definition) is 2. The van der Waals surface area contributed by atoms with Gasteiger partial charge in [-0.15, -0.1) is 0 Å². The van der Waals surface area contributed by atoms with Crippen LogP contribution in [0.15, 0.2) is 54.6 Å². The summed E-state index contributed by atoms with van der Waals surface area (Å²) in [5, 5.41) is 3.60. The molecule has 0 unspecified atom stereocenters. The fourth-order valence-corrected chi connectivity index (χ4v) is 5.93. The molecule has 0 fully saturated rings. The van der Waals surface area contributed by atoms with Crippen molar-refractivity contribution in [3.8, 4) is 5.75 Å². The van der Waals surface area contributed by atoms with E-state index in [1.165, 1.54) is 0 Å². The largest absolute Gasteiger partial charge is 0.462 e. The zero-order valence-corrected chi connectivity index (χ0v) is 24.3. The number of benzene rings is 2. The standard InChI is InChI=1S/C28H36N5O6P/c1-6-36-17-24-31-25-26(22-14-10-11-15-23(22)30-27(25)29)33(24)16-19(4)38-40(35,39-21-12-8-7-9-13-21)32-20(5)28(34)37-18(2)3/h7-15,18-20H,6,16-17H2,1-5H3,(H2,29,30)(H,32,35)/t19-,20-,40+/m1/s1. The van der Waals surface area contributed by atoms with E-state index in [1.807, 2.05) is 41.8 Å². The average Bonchev–Trinajstić information content (AvgIpc) is 3.26. The zero-order valence-electron chi connectivity index (χ0n) is 23.4. The van der Waals surface area contributed by atoms with Crippen LogP contribution in [0, 0.1) is 0 Å². The van der Waals surface area contributed by atoms with Gasteiger partial charge >= 0.3 is 13.7 Å². The van der Waals surface area contributed by atoms with Crippen molar-refractivity contribution in [1.29, 1.82) is 0 Å². The lowest BCUT2D eigenvalue weighted by Gasteiger charge is -2.26. The summed E-state index contributed by atoms with van der Waals surface area (Å²) in [6.45, 7) is 9.67. The smallest absolute Gasteiger partial charge is 0.459 e. The number of carbonyl (C=O) groups is 1. The van der Waals surface area contributed by atoms with E-state index in [0.29, 0.717) is 29.5 Å². The highest BCUT2D eigenvalue weighted by atomic mass is 31.2. The van der Waals surface area contributed by atoms with Gasteiger partial charge < -0.3 is 24.3 Å². The molecule has 4 rings (SSSR count). The molecule has 40 heavy (non-hydrogen) atoms. The highest BCUT2D eigenvalue weighted by Gasteiger charge is 2.35. The first kappa shape index (κ1) is 29.5. The highest BCUT2D eigenvalue weighted by molar-refractivity contribution is 7.52. The van der Waals surface area contributed by atoms with E-state index in [9.17, 15) is 9.36 Å². The lowest BCUT2D eigenvalue weighted by molar-refractivity contribution is -0.149.